The number of nitrogens with one attached hydrogen (secondary N) is 4. The second-order valence-electron chi connectivity index (χ2n) is 15.3. The van der Waals surface area contributed by atoms with E-state index in [0.29, 0.717) is 43.2 Å². The molecule has 0 spiro atoms. The minimum Gasteiger partial charge on any atom is -0.347 e. The molecule has 1 aliphatic heterocycles. The average molecular weight is 723 g/mol. The minimum atomic E-state index is -1.16. The van der Waals surface area contributed by atoms with Gasteiger partial charge in [0.2, 0.25) is 35.3 Å². The summed E-state index contributed by atoms with van der Waals surface area (Å²) in [5.41, 5.74) is 0.563. The van der Waals surface area contributed by atoms with Crippen molar-refractivity contribution >= 4 is 41.2 Å². The normalized spacial score (nSPS) is 21.7. The maximum Gasteiger partial charge on any atom is 0.290 e. The van der Waals surface area contributed by atoms with Crippen LogP contribution in [0.5, 0.6) is 0 Å². The lowest BCUT2D eigenvalue weighted by molar-refractivity contribution is -0.144. The molecule has 2 saturated carbocycles. The van der Waals surface area contributed by atoms with Gasteiger partial charge < -0.3 is 31.1 Å². The highest BCUT2D eigenvalue weighted by molar-refractivity contribution is 6.38. The number of likely N-dealkylation sites (tertiary alicyclic amines) is 1. The SMILES string of the molecule is CCCC(NC(=O)[C@@H]1CCCN1C(=O)C(NC(=O)[C@@H]1CC1CC(C)C)C1CCCCC1)C(=O)C(=O)NCC(=O)NC(C(=O)N(C)C)c1ccccc1. The topological polar surface area (TPSA) is 174 Å². The Labute approximate surface area is 307 Å². The Bertz CT molecular complexity index is 1440. The maximum absolute atomic E-state index is 14.2. The summed E-state index contributed by atoms with van der Waals surface area (Å²) >= 11 is 0. The number of hydrogen-bond acceptors (Lipinski definition) is 7. The predicted octanol–water partition coefficient (Wildman–Crippen LogP) is 2.64. The highest BCUT2D eigenvalue weighted by Gasteiger charge is 2.46. The van der Waals surface area contributed by atoms with E-state index < -0.39 is 54.2 Å². The molecule has 0 bridgehead atoms. The van der Waals surface area contributed by atoms with Crippen LogP contribution in [0.1, 0.15) is 103 Å². The molecule has 4 N–H and O–H groups in total. The van der Waals surface area contributed by atoms with Gasteiger partial charge in [-0.1, -0.05) is 76.8 Å². The molecular formula is C39H58N6O7. The van der Waals surface area contributed by atoms with Gasteiger partial charge in [0.25, 0.3) is 5.91 Å². The minimum absolute atomic E-state index is 0.00361. The first-order valence-corrected chi connectivity index (χ1v) is 19.1. The molecule has 3 fully saturated rings. The first-order chi connectivity index (χ1) is 24.8. The van der Waals surface area contributed by atoms with Gasteiger partial charge in [-0.15, -0.1) is 0 Å². The summed E-state index contributed by atoms with van der Waals surface area (Å²) < 4.78 is 0. The Morgan fingerprint density at radius 1 is 0.865 bits per heavy atom. The van der Waals surface area contributed by atoms with Crippen molar-refractivity contribution in [3.8, 4) is 0 Å². The van der Waals surface area contributed by atoms with Gasteiger partial charge >= 0.3 is 0 Å². The first-order valence-electron chi connectivity index (χ1n) is 19.1. The van der Waals surface area contributed by atoms with Crippen LogP contribution in [0.25, 0.3) is 0 Å². The number of carbonyl (C=O) groups is 7. The first kappa shape index (κ1) is 40.5. The Hall–Kier alpha value is -4.29. The zero-order valence-electron chi connectivity index (χ0n) is 31.5. The van der Waals surface area contributed by atoms with E-state index in [1.807, 2.05) is 6.92 Å². The molecule has 1 aromatic carbocycles. The molecule has 1 aromatic rings. The van der Waals surface area contributed by atoms with Crippen molar-refractivity contribution in [1.82, 2.24) is 31.1 Å². The quantitative estimate of drug-likeness (QED) is 0.179. The smallest absolute Gasteiger partial charge is 0.290 e. The lowest BCUT2D eigenvalue weighted by Gasteiger charge is -2.35. The van der Waals surface area contributed by atoms with E-state index in [0.717, 1.165) is 44.9 Å². The second-order valence-corrected chi connectivity index (χ2v) is 15.3. The van der Waals surface area contributed by atoms with Gasteiger partial charge in [0.05, 0.1) is 12.6 Å². The third-order valence-corrected chi connectivity index (χ3v) is 10.5. The predicted molar refractivity (Wildman–Crippen MR) is 195 cm³/mol. The second kappa shape index (κ2) is 19.0. The van der Waals surface area contributed by atoms with Crippen molar-refractivity contribution in [3.05, 3.63) is 35.9 Å². The van der Waals surface area contributed by atoms with Gasteiger partial charge in [-0.25, -0.2) is 0 Å². The molecule has 1 saturated heterocycles. The van der Waals surface area contributed by atoms with Crippen molar-refractivity contribution in [2.24, 2.45) is 23.7 Å². The van der Waals surface area contributed by atoms with Crippen molar-refractivity contribution in [2.75, 3.05) is 27.2 Å². The third-order valence-electron chi connectivity index (χ3n) is 10.5. The summed E-state index contributed by atoms with van der Waals surface area (Å²) in [7, 11) is 3.14. The molecule has 13 heteroatoms. The molecule has 52 heavy (non-hydrogen) atoms. The van der Waals surface area contributed by atoms with Gasteiger partial charge in [0.1, 0.15) is 18.1 Å². The number of ketones is 1. The third kappa shape index (κ3) is 10.9. The number of rotatable bonds is 17. The Balaban J connectivity index is 1.37. The summed E-state index contributed by atoms with van der Waals surface area (Å²) in [6.07, 6.45) is 8.20. The largest absolute Gasteiger partial charge is 0.347 e. The zero-order valence-corrected chi connectivity index (χ0v) is 31.5. The monoisotopic (exact) mass is 722 g/mol. The zero-order chi connectivity index (χ0) is 37.9. The molecule has 6 amide bonds. The molecule has 0 radical (unpaired) electrons. The van der Waals surface area contributed by atoms with E-state index in [9.17, 15) is 33.6 Å². The van der Waals surface area contributed by atoms with Gasteiger partial charge in [-0.2, -0.15) is 0 Å². The molecule has 6 atom stereocenters. The van der Waals surface area contributed by atoms with Crippen LogP contribution in [0, 0.1) is 23.7 Å². The highest BCUT2D eigenvalue weighted by atomic mass is 16.2. The van der Waals surface area contributed by atoms with E-state index in [2.05, 4.69) is 35.1 Å². The fraction of sp³-hybridized carbons (Fsp3) is 0.667. The summed E-state index contributed by atoms with van der Waals surface area (Å²) in [6.45, 7) is 5.90. The van der Waals surface area contributed by atoms with E-state index in [1.165, 1.54) is 4.90 Å². The fourth-order valence-corrected chi connectivity index (χ4v) is 7.66. The summed E-state index contributed by atoms with van der Waals surface area (Å²) in [5, 5.41) is 10.8. The van der Waals surface area contributed by atoms with Gasteiger partial charge in [-0.3, -0.25) is 33.6 Å². The average Bonchev–Trinajstić information content (AvgIpc) is 3.71. The van der Waals surface area contributed by atoms with Crippen LogP contribution in [0.2, 0.25) is 0 Å². The van der Waals surface area contributed by atoms with Crippen molar-refractivity contribution in [2.45, 2.75) is 116 Å². The van der Waals surface area contributed by atoms with E-state index in [-0.39, 0.29) is 36.0 Å². The molecule has 3 aliphatic rings. The molecule has 0 aromatic heterocycles. The lowest BCUT2D eigenvalue weighted by atomic mass is 9.83. The summed E-state index contributed by atoms with van der Waals surface area (Å²) in [6, 6.07) is 4.99. The van der Waals surface area contributed by atoms with Crippen LogP contribution in [0.4, 0.5) is 0 Å². The van der Waals surface area contributed by atoms with Gasteiger partial charge in [0.15, 0.2) is 0 Å². The van der Waals surface area contributed by atoms with Crippen molar-refractivity contribution in [1.29, 1.82) is 0 Å². The van der Waals surface area contributed by atoms with Crippen LogP contribution >= 0.6 is 0 Å². The van der Waals surface area contributed by atoms with Gasteiger partial charge in [0, 0.05) is 26.6 Å². The Morgan fingerprint density at radius 3 is 2.19 bits per heavy atom. The van der Waals surface area contributed by atoms with E-state index in [1.54, 1.807) is 49.3 Å². The molecule has 1 heterocycles. The fourth-order valence-electron chi connectivity index (χ4n) is 7.66. The number of benzene rings is 1. The number of nitrogens with zero attached hydrogens (tertiary/aromatic N) is 2. The maximum atomic E-state index is 14.2. The summed E-state index contributed by atoms with van der Waals surface area (Å²) in [4.78, 5) is 96.0. The molecule has 286 valence electrons. The molecule has 2 aliphatic carbocycles. The Kier molecular flexibility index (Phi) is 14.8. The lowest BCUT2D eigenvalue weighted by Crippen LogP contribution is -2.58. The van der Waals surface area contributed by atoms with Crippen LogP contribution in [0.3, 0.4) is 0 Å². The van der Waals surface area contributed by atoms with Crippen LogP contribution in [-0.2, 0) is 33.6 Å². The Morgan fingerprint density at radius 2 is 1.56 bits per heavy atom. The van der Waals surface area contributed by atoms with Gasteiger partial charge in [-0.05, 0) is 68.3 Å². The molecule has 4 rings (SSSR count). The molecule has 4 unspecified atom stereocenters. The van der Waals surface area contributed by atoms with Crippen LogP contribution in [0.15, 0.2) is 30.3 Å². The standard InChI is InChI=1S/C39H58N6O7/c1-6-14-29(34(47)37(50)40-23-31(46)42-32(38(51)44(4)5)25-15-9-7-10-16-25)41-36(49)30-19-13-20-45(30)39(52)33(26-17-11-8-12-18-26)43-35(48)28-22-27(28)21-24(2)3/h7,9-10,15-16,24,26-30,32-33H,6,8,11-14,17-23H2,1-5H3,(H,40,50)(H,41,49)(H,42,46)(H,43,48)/t27?,28-,29?,30+,32?,33?/m1/s1. The molecular weight excluding hydrogens is 664 g/mol. The summed E-state index contributed by atoms with van der Waals surface area (Å²) in [5.74, 6) is -3.10. The number of Topliss-reactive ketones (excluding diaryl/α,β-unsaturated/α-hetero) is 1. The number of carbonyl (C=O) groups excluding carboxylic acids is 7. The molecule has 13 nitrogen and oxygen atoms in total. The number of likely N-dealkylation sites (N-methyl/N-ethyl adjacent to an activating group) is 1. The van der Waals surface area contributed by atoms with Crippen molar-refractivity contribution < 1.29 is 33.6 Å². The van der Waals surface area contributed by atoms with E-state index in [4.69, 9.17) is 0 Å². The highest BCUT2D eigenvalue weighted by Crippen LogP contribution is 2.43. The number of amides is 6. The van der Waals surface area contributed by atoms with Crippen LogP contribution in [-0.4, -0.2) is 96.3 Å². The van der Waals surface area contributed by atoms with Crippen molar-refractivity contribution in [3.63, 3.8) is 0 Å². The number of hydrogen-bond donors (Lipinski definition) is 4. The van der Waals surface area contributed by atoms with E-state index >= 15 is 0 Å². The van der Waals surface area contributed by atoms with Crippen LogP contribution < -0.4 is 21.3 Å².